The number of rotatable bonds is 4. The predicted molar refractivity (Wildman–Crippen MR) is 77.0 cm³/mol. The Bertz CT molecular complexity index is 574. The Balaban J connectivity index is 2.00. The monoisotopic (exact) mass is 293 g/mol. The number of hydrogen-bond acceptors (Lipinski definition) is 4. The molecule has 1 heterocycles. The van der Waals surface area contributed by atoms with Crippen molar-refractivity contribution in [2.24, 2.45) is 0 Å². The summed E-state index contributed by atoms with van der Waals surface area (Å²) in [6, 6.07) is 2.40. The van der Waals surface area contributed by atoms with Crippen LogP contribution in [0.4, 0.5) is 5.69 Å². The van der Waals surface area contributed by atoms with Gasteiger partial charge >= 0.3 is 0 Å². The number of carbonyl (C=O) groups is 1. The molecule has 0 aromatic carbocycles. The summed E-state index contributed by atoms with van der Waals surface area (Å²) < 4.78 is 1.07. The lowest BCUT2D eigenvalue weighted by Crippen LogP contribution is -2.38. The molecule has 0 bridgehead atoms. The highest BCUT2D eigenvalue weighted by Crippen LogP contribution is 2.17. The fraction of sp³-hybridized carbons (Fsp3) is 0.571. The standard InChI is InChI=1S/C14H19N3O4/c18-13(15-11-5-3-1-2-4-6-11)10-16-9-12(17(20)21)7-8-14(16)19/h7-9,11H,1-6,10H2,(H,15,18). The molecule has 1 aliphatic rings. The summed E-state index contributed by atoms with van der Waals surface area (Å²) in [5.74, 6) is -0.274. The van der Waals surface area contributed by atoms with E-state index in [2.05, 4.69) is 5.32 Å². The molecule has 1 aromatic rings. The van der Waals surface area contributed by atoms with Crippen molar-refractivity contribution >= 4 is 11.6 Å². The van der Waals surface area contributed by atoms with Gasteiger partial charge < -0.3 is 5.32 Å². The van der Waals surface area contributed by atoms with Gasteiger partial charge in [-0.3, -0.25) is 24.3 Å². The van der Waals surface area contributed by atoms with Crippen molar-refractivity contribution in [3.05, 3.63) is 38.8 Å². The Kier molecular flexibility index (Phi) is 5.08. The fourth-order valence-electron chi connectivity index (χ4n) is 2.60. The molecule has 1 fully saturated rings. The van der Waals surface area contributed by atoms with E-state index in [1.807, 2.05) is 0 Å². The van der Waals surface area contributed by atoms with E-state index >= 15 is 0 Å². The van der Waals surface area contributed by atoms with Crippen molar-refractivity contribution in [2.45, 2.75) is 51.1 Å². The average Bonchev–Trinajstić information content (AvgIpc) is 2.69. The highest BCUT2D eigenvalue weighted by molar-refractivity contribution is 5.76. The van der Waals surface area contributed by atoms with Gasteiger partial charge in [0.25, 0.3) is 11.2 Å². The summed E-state index contributed by atoms with van der Waals surface area (Å²) in [5.41, 5.74) is -0.617. The summed E-state index contributed by atoms with van der Waals surface area (Å²) in [5, 5.41) is 13.6. The Hall–Kier alpha value is -2.18. The number of nitrogens with zero attached hydrogens (tertiary/aromatic N) is 2. The molecule has 7 nitrogen and oxygen atoms in total. The van der Waals surface area contributed by atoms with Crippen molar-refractivity contribution in [3.8, 4) is 0 Å². The van der Waals surface area contributed by atoms with Crippen molar-refractivity contribution in [1.82, 2.24) is 9.88 Å². The van der Waals surface area contributed by atoms with Crippen LogP contribution in [0.5, 0.6) is 0 Å². The molecule has 1 saturated carbocycles. The molecule has 0 radical (unpaired) electrons. The minimum Gasteiger partial charge on any atom is -0.352 e. The lowest BCUT2D eigenvalue weighted by atomic mass is 10.1. The number of nitrogens with one attached hydrogen (secondary N) is 1. The first-order valence-electron chi connectivity index (χ1n) is 7.20. The Morgan fingerprint density at radius 2 is 1.95 bits per heavy atom. The first-order chi connectivity index (χ1) is 10.1. The molecule has 0 spiro atoms. The molecule has 0 saturated heterocycles. The normalized spacial score (nSPS) is 16.2. The van der Waals surface area contributed by atoms with Crippen LogP contribution in [0.2, 0.25) is 0 Å². The second-order valence-electron chi connectivity index (χ2n) is 5.37. The van der Waals surface area contributed by atoms with E-state index in [9.17, 15) is 19.7 Å². The third-order valence-corrected chi connectivity index (χ3v) is 3.71. The van der Waals surface area contributed by atoms with Crippen LogP contribution in [0.3, 0.4) is 0 Å². The van der Waals surface area contributed by atoms with Crippen LogP contribution >= 0.6 is 0 Å². The van der Waals surface area contributed by atoms with Gasteiger partial charge in [-0.05, 0) is 12.8 Å². The molecule has 21 heavy (non-hydrogen) atoms. The smallest absolute Gasteiger partial charge is 0.285 e. The zero-order valence-corrected chi connectivity index (χ0v) is 11.8. The maximum Gasteiger partial charge on any atom is 0.285 e. The van der Waals surface area contributed by atoms with Crippen LogP contribution in [-0.2, 0) is 11.3 Å². The fourth-order valence-corrected chi connectivity index (χ4v) is 2.60. The maximum absolute atomic E-state index is 12.0. The third-order valence-electron chi connectivity index (χ3n) is 3.71. The van der Waals surface area contributed by atoms with Gasteiger partial charge in [0.2, 0.25) is 5.91 Å². The second kappa shape index (κ2) is 7.01. The number of amides is 1. The summed E-state index contributed by atoms with van der Waals surface area (Å²) >= 11 is 0. The second-order valence-corrected chi connectivity index (χ2v) is 5.37. The molecule has 1 amide bonds. The molecule has 7 heteroatoms. The van der Waals surface area contributed by atoms with Gasteiger partial charge in [-0.1, -0.05) is 25.7 Å². The topological polar surface area (TPSA) is 94.2 Å². The molecular weight excluding hydrogens is 274 g/mol. The molecule has 0 aliphatic heterocycles. The van der Waals surface area contributed by atoms with Crippen LogP contribution in [0, 0.1) is 10.1 Å². The molecule has 0 unspecified atom stereocenters. The molecule has 1 aromatic heterocycles. The van der Waals surface area contributed by atoms with E-state index in [-0.39, 0.29) is 24.2 Å². The van der Waals surface area contributed by atoms with E-state index < -0.39 is 10.5 Å². The van der Waals surface area contributed by atoms with Crippen molar-refractivity contribution in [1.29, 1.82) is 0 Å². The van der Waals surface area contributed by atoms with Gasteiger partial charge in [0.15, 0.2) is 0 Å². The molecule has 1 aliphatic carbocycles. The third kappa shape index (κ3) is 4.40. The van der Waals surface area contributed by atoms with Crippen molar-refractivity contribution in [3.63, 3.8) is 0 Å². The number of aromatic nitrogens is 1. The van der Waals surface area contributed by atoms with Crippen LogP contribution in [0.1, 0.15) is 38.5 Å². The van der Waals surface area contributed by atoms with Gasteiger partial charge in [0, 0.05) is 18.2 Å². The number of nitro groups is 1. The summed E-state index contributed by atoms with van der Waals surface area (Å²) in [6.45, 7) is -0.184. The highest BCUT2D eigenvalue weighted by atomic mass is 16.6. The van der Waals surface area contributed by atoms with Crippen LogP contribution in [-0.4, -0.2) is 21.4 Å². The lowest BCUT2D eigenvalue weighted by Gasteiger charge is -2.16. The van der Waals surface area contributed by atoms with Crippen molar-refractivity contribution in [2.75, 3.05) is 0 Å². The Morgan fingerprint density at radius 3 is 2.57 bits per heavy atom. The van der Waals surface area contributed by atoms with Gasteiger partial charge in [-0.2, -0.15) is 0 Å². The molecule has 0 atom stereocenters. The zero-order chi connectivity index (χ0) is 15.2. The Labute approximate surface area is 122 Å². The molecule has 114 valence electrons. The molecule has 1 N–H and O–H groups in total. The van der Waals surface area contributed by atoms with E-state index in [0.29, 0.717) is 0 Å². The zero-order valence-electron chi connectivity index (χ0n) is 11.8. The maximum atomic E-state index is 12.0. The highest BCUT2D eigenvalue weighted by Gasteiger charge is 2.16. The predicted octanol–water partition coefficient (Wildman–Crippen LogP) is 1.60. The minimum atomic E-state index is -0.584. The van der Waals surface area contributed by atoms with E-state index in [0.717, 1.165) is 48.6 Å². The lowest BCUT2D eigenvalue weighted by molar-refractivity contribution is -0.385. The van der Waals surface area contributed by atoms with Gasteiger partial charge in [0.05, 0.1) is 11.1 Å². The largest absolute Gasteiger partial charge is 0.352 e. The van der Waals surface area contributed by atoms with Gasteiger partial charge in [0.1, 0.15) is 6.54 Å². The summed E-state index contributed by atoms with van der Waals surface area (Å²) in [7, 11) is 0. The molecular formula is C14H19N3O4. The van der Waals surface area contributed by atoms with Crippen LogP contribution in [0.25, 0.3) is 0 Å². The first kappa shape index (κ1) is 15.2. The average molecular weight is 293 g/mol. The Morgan fingerprint density at radius 1 is 1.29 bits per heavy atom. The van der Waals surface area contributed by atoms with Gasteiger partial charge in [-0.25, -0.2) is 0 Å². The first-order valence-corrected chi connectivity index (χ1v) is 7.20. The summed E-state index contributed by atoms with van der Waals surface area (Å²) in [6.07, 6.45) is 7.59. The van der Waals surface area contributed by atoms with Crippen LogP contribution < -0.4 is 10.9 Å². The number of carbonyl (C=O) groups excluding carboxylic acids is 1. The SMILES string of the molecule is O=C(Cn1cc([N+](=O)[O-])ccc1=O)NC1CCCCCC1. The van der Waals surface area contributed by atoms with Gasteiger partial charge in [-0.15, -0.1) is 0 Å². The number of hydrogen-bond donors (Lipinski definition) is 1. The molecule has 2 rings (SSSR count). The quantitative estimate of drug-likeness (QED) is 0.518. The number of pyridine rings is 1. The minimum absolute atomic E-state index is 0.148. The van der Waals surface area contributed by atoms with Crippen molar-refractivity contribution < 1.29 is 9.72 Å². The van der Waals surface area contributed by atoms with E-state index in [1.54, 1.807) is 0 Å². The van der Waals surface area contributed by atoms with Crippen LogP contribution in [0.15, 0.2) is 23.1 Å². The summed E-state index contributed by atoms with van der Waals surface area (Å²) in [4.78, 5) is 33.7. The van der Waals surface area contributed by atoms with E-state index in [1.165, 1.54) is 12.8 Å². The van der Waals surface area contributed by atoms with E-state index in [4.69, 9.17) is 0 Å².